The Bertz CT molecular complexity index is 790. The molecule has 1 heterocycles. The van der Waals surface area contributed by atoms with Gasteiger partial charge in [-0.2, -0.15) is 5.26 Å². The minimum absolute atomic E-state index is 0.253. The van der Waals surface area contributed by atoms with E-state index in [4.69, 9.17) is 10.00 Å². The van der Waals surface area contributed by atoms with E-state index in [1.165, 1.54) is 16.8 Å². The summed E-state index contributed by atoms with van der Waals surface area (Å²) in [5, 5.41) is 19.1. The Labute approximate surface area is 161 Å². The van der Waals surface area contributed by atoms with E-state index in [9.17, 15) is 5.11 Å². The van der Waals surface area contributed by atoms with Crippen molar-refractivity contribution in [3.63, 3.8) is 0 Å². The standard InChI is InChI=1S/C22H27N3O2/c1-17-4-3-5-22(18(17)2)25-12-10-24(11-13-25)15-20(26)16-27-21-8-6-19(14-23)7-9-21/h3-9,20,26H,10-13,15-16H2,1-2H3/t20-/m0/s1. The Balaban J connectivity index is 1.44. The highest BCUT2D eigenvalue weighted by Crippen LogP contribution is 2.23. The maximum atomic E-state index is 10.3. The molecule has 1 aliphatic heterocycles. The lowest BCUT2D eigenvalue weighted by Gasteiger charge is -2.37. The Hall–Kier alpha value is -2.55. The molecule has 1 saturated heterocycles. The molecule has 0 saturated carbocycles. The summed E-state index contributed by atoms with van der Waals surface area (Å²) in [6.07, 6.45) is -0.534. The van der Waals surface area contributed by atoms with Crippen LogP contribution in [-0.4, -0.2) is 55.4 Å². The van der Waals surface area contributed by atoms with Crippen molar-refractivity contribution in [3.8, 4) is 11.8 Å². The van der Waals surface area contributed by atoms with Crippen molar-refractivity contribution in [2.24, 2.45) is 0 Å². The zero-order valence-electron chi connectivity index (χ0n) is 16.1. The number of rotatable bonds is 6. The van der Waals surface area contributed by atoms with Crippen LogP contribution in [0.3, 0.4) is 0 Å². The van der Waals surface area contributed by atoms with E-state index in [0.717, 1.165) is 26.2 Å². The van der Waals surface area contributed by atoms with E-state index in [-0.39, 0.29) is 6.61 Å². The number of anilines is 1. The van der Waals surface area contributed by atoms with Crippen LogP contribution in [0.15, 0.2) is 42.5 Å². The summed E-state index contributed by atoms with van der Waals surface area (Å²) >= 11 is 0. The number of benzene rings is 2. The van der Waals surface area contributed by atoms with Crippen molar-refractivity contribution < 1.29 is 9.84 Å². The van der Waals surface area contributed by atoms with Gasteiger partial charge in [0.1, 0.15) is 18.5 Å². The molecule has 0 bridgehead atoms. The smallest absolute Gasteiger partial charge is 0.119 e. The van der Waals surface area contributed by atoms with Crippen molar-refractivity contribution in [3.05, 3.63) is 59.2 Å². The van der Waals surface area contributed by atoms with Gasteiger partial charge in [0.2, 0.25) is 0 Å². The molecule has 5 nitrogen and oxygen atoms in total. The van der Waals surface area contributed by atoms with Gasteiger partial charge in [-0.1, -0.05) is 12.1 Å². The van der Waals surface area contributed by atoms with Crippen LogP contribution < -0.4 is 9.64 Å². The lowest BCUT2D eigenvalue weighted by atomic mass is 10.1. The number of nitrogens with zero attached hydrogens (tertiary/aromatic N) is 3. The molecule has 1 aliphatic rings. The van der Waals surface area contributed by atoms with Gasteiger partial charge in [-0.05, 0) is 55.3 Å². The minimum atomic E-state index is -0.534. The van der Waals surface area contributed by atoms with Gasteiger partial charge in [0.05, 0.1) is 11.6 Å². The Kier molecular flexibility index (Phi) is 6.33. The first-order valence-electron chi connectivity index (χ1n) is 9.41. The molecule has 5 heteroatoms. The van der Waals surface area contributed by atoms with E-state index < -0.39 is 6.10 Å². The minimum Gasteiger partial charge on any atom is -0.491 e. The molecule has 0 spiro atoms. The number of hydrogen-bond donors (Lipinski definition) is 1. The second-order valence-corrected chi connectivity index (χ2v) is 7.11. The molecule has 0 aliphatic carbocycles. The third kappa shape index (κ3) is 5.00. The van der Waals surface area contributed by atoms with Gasteiger partial charge in [-0.3, -0.25) is 4.90 Å². The molecule has 2 aromatic rings. The summed E-state index contributed by atoms with van der Waals surface area (Å²) in [5.41, 5.74) is 4.59. The summed E-state index contributed by atoms with van der Waals surface area (Å²) in [7, 11) is 0. The molecule has 1 N–H and O–H groups in total. The van der Waals surface area contributed by atoms with Gasteiger partial charge in [0.15, 0.2) is 0 Å². The summed E-state index contributed by atoms with van der Waals surface area (Å²) in [4.78, 5) is 4.72. The van der Waals surface area contributed by atoms with Crippen molar-refractivity contribution in [2.75, 3.05) is 44.2 Å². The molecule has 142 valence electrons. The molecule has 0 radical (unpaired) electrons. The molecule has 1 atom stereocenters. The highest BCUT2D eigenvalue weighted by Gasteiger charge is 2.20. The number of hydrogen-bond acceptors (Lipinski definition) is 5. The summed E-state index contributed by atoms with van der Waals surface area (Å²) in [5.74, 6) is 0.674. The van der Waals surface area contributed by atoms with E-state index in [1.54, 1.807) is 24.3 Å². The molecule has 0 amide bonds. The summed E-state index contributed by atoms with van der Waals surface area (Å²) in [6.45, 7) is 8.99. The van der Waals surface area contributed by atoms with Crippen LogP contribution >= 0.6 is 0 Å². The van der Waals surface area contributed by atoms with Gasteiger partial charge in [0, 0.05) is 38.4 Å². The topological polar surface area (TPSA) is 59.7 Å². The predicted octanol–water partition coefficient (Wildman–Crippen LogP) is 2.74. The Morgan fingerprint density at radius 1 is 1.07 bits per heavy atom. The fraction of sp³-hybridized carbons (Fsp3) is 0.409. The van der Waals surface area contributed by atoms with Gasteiger partial charge in [-0.15, -0.1) is 0 Å². The van der Waals surface area contributed by atoms with E-state index in [2.05, 4.69) is 47.9 Å². The predicted molar refractivity (Wildman–Crippen MR) is 107 cm³/mol. The maximum Gasteiger partial charge on any atom is 0.119 e. The Morgan fingerprint density at radius 3 is 2.44 bits per heavy atom. The molecule has 1 fully saturated rings. The monoisotopic (exact) mass is 365 g/mol. The molecule has 27 heavy (non-hydrogen) atoms. The first kappa shape index (κ1) is 19.2. The second kappa shape index (κ2) is 8.90. The van der Waals surface area contributed by atoms with Gasteiger partial charge < -0.3 is 14.7 Å². The van der Waals surface area contributed by atoms with Crippen LogP contribution in [0.2, 0.25) is 0 Å². The van der Waals surface area contributed by atoms with Crippen LogP contribution in [0.5, 0.6) is 5.75 Å². The average molecular weight is 365 g/mol. The molecule has 0 unspecified atom stereocenters. The van der Waals surface area contributed by atoms with Crippen LogP contribution in [0.1, 0.15) is 16.7 Å². The Morgan fingerprint density at radius 2 is 1.78 bits per heavy atom. The molecular formula is C22H27N3O2. The van der Waals surface area contributed by atoms with Crippen molar-refractivity contribution >= 4 is 5.69 Å². The SMILES string of the molecule is Cc1cccc(N2CCN(C[C@H](O)COc3ccc(C#N)cc3)CC2)c1C. The lowest BCUT2D eigenvalue weighted by Crippen LogP contribution is -2.49. The van der Waals surface area contributed by atoms with Gasteiger partial charge in [-0.25, -0.2) is 0 Å². The van der Waals surface area contributed by atoms with Crippen LogP contribution in [0.4, 0.5) is 5.69 Å². The molecule has 3 rings (SSSR count). The van der Waals surface area contributed by atoms with Crippen molar-refractivity contribution in [2.45, 2.75) is 20.0 Å². The summed E-state index contributed by atoms with van der Waals surface area (Å²) < 4.78 is 5.63. The first-order valence-corrected chi connectivity index (χ1v) is 9.41. The van der Waals surface area contributed by atoms with Gasteiger partial charge in [0.25, 0.3) is 0 Å². The third-order valence-electron chi connectivity index (χ3n) is 5.18. The van der Waals surface area contributed by atoms with E-state index in [0.29, 0.717) is 17.9 Å². The van der Waals surface area contributed by atoms with Crippen LogP contribution in [0.25, 0.3) is 0 Å². The lowest BCUT2D eigenvalue weighted by molar-refractivity contribution is 0.0663. The average Bonchev–Trinajstić information content (AvgIpc) is 2.70. The summed E-state index contributed by atoms with van der Waals surface area (Å²) in [6, 6.07) is 15.5. The fourth-order valence-electron chi connectivity index (χ4n) is 3.42. The molecular weight excluding hydrogens is 338 g/mol. The maximum absolute atomic E-state index is 10.3. The first-order chi connectivity index (χ1) is 13.1. The van der Waals surface area contributed by atoms with Crippen LogP contribution in [-0.2, 0) is 0 Å². The second-order valence-electron chi connectivity index (χ2n) is 7.11. The quantitative estimate of drug-likeness (QED) is 0.853. The van der Waals surface area contributed by atoms with Gasteiger partial charge >= 0.3 is 0 Å². The molecule has 0 aromatic heterocycles. The van der Waals surface area contributed by atoms with E-state index >= 15 is 0 Å². The van der Waals surface area contributed by atoms with E-state index in [1.807, 2.05) is 0 Å². The normalized spacial score (nSPS) is 16.0. The number of piperazine rings is 1. The van der Waals surface area contributed by atoms with Crippen molar-refractivity contribution in [1.82, 2.24) is 4.90 Å². The van der Waals surface area contributed by atoms with Crippen molar-refractivity contribution in [1.29, 1.82) is 5.26 Å². The zero-order valence-corrected chi connectivity index (χ0v) is 16.1. The number of aliphatic hydroxyl groups excluding tert-OH is 1. The zero-order chi connectivity index (χ0) is 19.2. The number of aliphatic hydroxyl groups is 1. The van der Waals surface area contributed by atoms with Crippen LogP contribution in [0, 0.1) is 25.2 Å². The number of β-amino-alcohol motifs (C(OH)–C–C–N with tert-alkyl or cyclic N) is 1. The fourth-order valence-corrected chi connectivity index (χ4v) is 3.42. The largest absolute Gasteiger partial charge is 0.491 e. The number of aryl methyl sites for hydroxylation is 1. The third-order valence-corrected chi connectivity index (χ3v) is 5.18. The highest BCUT2D eigenvalue weighted by atomic mass is 16.5. The number of ether oxygens (including phenoxy) is 1. The highest BCUT2D eigenvalue weighted by molar-refractivity contribution is 5.56. The number of nitriles is 1. The molecule has 2 aromatic carbocycles.